The Morgan fingerprint density at radius 1 is 1.17 bits per heavy atom. The van der Waals surface area contributed by atoms with Gasteiger partial charge in [-0.3, -0.25) is 5.41 Å². The van der Waals surface area contributed by atoms with Crippen molar-refractivity contribution in [3.05, 3.63) is 58.3 Å². The first kappa shape index (κ1) is 12.6. The fraction of sp³-hybridized carbons (Fsp3) is 0. The average Bonchev–Trinajstić information content (AvgIpc) is 2.33. The van der Waals surface area contributed by atoms with E-state index in [0.717, 1.165) is 0 Å². The van der Waals surface area contributed by atoms with Crippen LogP contribution in [-0.2, 0) is 0 Å². The van der Waals surface area contributed by atoms with E-state index in [2.05, 4.69) is 15.9 Å². The number of halogens is 2. The third kappa shape index (κ3) is 2.87. The SMILES string of the molecule is N=C(N)c1ccc(Oc2ccc(Br)cc2F)cc1. The lowest BCUT2D eigenvalue weighted by molar-refractivity contribution is 0.442. The number of nitrogen functional groups attached to an aromatic ring is 1. The van der Waals surface area contributed by atoms with Crippen LogP contribution in [0.4, 0.5) is 4.39 Å². The smallest absolute Gasteiger partial charge is 0.166 e. The molecule has 2 aromatic carbocycles. The number of ether oxygens (including phenoxy) is 1. The Morgan fingerprint density at radius 3 is 2.39 bits per heavy atom. The summed E-state index contributed by atoms with van der Waals surface area (Å²) in [6.07, 6.45) is 0. The second-order valence-corrected chi connectivity index (χ2v) is 4.53. The molecule has 0 aliphatic rings. The Morgan fingerprint density at radius 2 is 1.83 bits per heavy atom. The van der Waals surface area contributed by atoms with Crippen LogP contribution in [0.25, 0.3) is 0 Å². The molecule has 0 heterocycles. The van der Waals surface area contributed by atoms with E-state index >= 15 is 0 Å². The minimum atomic E-state index is -0.444. The first-order chi connectivity index (χ1) is 8.56. The molecule has 2 aromatic rings. The highest BCUT2D eigenvalue weighted by atomic mass is 79.9. The predicted octanol–water partition coefficient (Wildman–Crippen LogP) is 3.66. The highest BCUT2D eigenvalue weighted by molar-refractivity contribution is 9.10. The van der Waals surface area contributed by atoms with Gasteiger partial charge in [0, 0.05) is 10.0 Å². The van der Waals surface area contributed by atoms with E-state index in [-0.39, 0.29) is 11.6 Å². The summed E-state index contributed by atoms with van der Waals surface area (Å²) >= 11 is 3.17. The zero-order chi connectivity index (χ0) is 13.1. The maximum Gasteiger partial charge on any atom is 0.166 e. The fourth-order valence-corrected chi connectivity index (χ4v) is 1.72. The molecule has 0 aliphatic carbocycles. The summed E-state index contributed by atoms with van der Waals surface area (Å²) in [7, 11) is 0. The van der Waals surface area contributed by atoms with Crippen molar-refractivity contribution in [2.75, 3.05) is 0 Å². The zero-order valence-electron chi connectivity index (χ0n) is 9.28. The van der Waals surface area contributed by atoms with Crippen molar-refractivity contribution in [3.63, 3.8) is 0 Å². The Labute approximate surface area is 112 Å². The van der Waals surface area contributed by atoms with Crippen LogP contribution in [0.2, 0.25) is 0 Å². The Bertz CT molecular complexity index is 584. The Kier molecular flexibility index (Phi) is 3.62. The van der Waals surface area contributed by atoms with Gasteiger partial charge in [0.05, 0.1) is 0 Å². The highest BCUT2D eigenvalue weighted by Crippen LogP contribution is 2.26. The van der Waals surface area contributed by atoms with Gasteiger partial charge in [0.15, 0.2) is 11.6 Å². The molecule has 0 saturated heterocycles. The topological polar surface area (TPSA) is 59.1 Å². The van der Waals surface area contributed by atoms with Crippen LogP contribution < -0.4 is 10.5 Å². The van der Waals surface area contributed by atoms with E-state index in [1.165, 1.54) is 12.1 Å². The van der Waals surface area contributed by atoms with Crippen LogP contribution in [0.3, 0.4) is 0 Å². The Hall–Kier alpha value is -1.88. The summed E-state index contributed by atoms with van der Waals surface area (Å²) in [5, 5.41) is 7.26. The van der Waals surface area contributed by atoms with Gasteiger partial charge in [0.25, 0.3) is 0 Å². The lowest BCUT2D eigenvalue weighted by atomic mass is 10.2. The molecule has 2 rings (SSSR count). The summed E-state index contributed by atoms with van der Waals surface area (Å²) in [5.41, 5.74) is 5.93. The van der Waals surface area contributed by atoms with Crippen LogP contribution in [-0.4, -0.2) is 5.84 Å². The van der Waals surface area contributed by atoms with Gasteiger partial charge in [-0.2, -0.15) is 0 Å². The molecule has 0 unspecified atom stereocenters. The van der Waals surface area contributed by atoms with E-state index < -0.39 is 5.82 Å². The number of hydrogen-bond donors (Lipinski definition) is 2. The maximum atomic E-state index is 13.5. The van der Waals surface area contributed by atoms with Crippen molar-refractivity contribution in [1.82, 2.24) is 0 Å². The summed E-state index contributed by atoms with van der Waals surface area (Å²) in [6, 6.07) is 11.1. The first-order valence-electron chi connectivity index (χ1n) is 5.13. The lowest BCUT2D eigenvalue weighted by Crippen LogP contribution is -2.10. The van der Waals surface area contributed by atoms with Crippen molar-refractivity contribution < 1.29 is 9.13 Å². The third-order valence-electron chi connectivity index (χ3n) is 2.29. The molecule has 18 heavy (non-hydrogen) atoms. The van der Waals surface area contributed by atoms with Crippen molar-refractivity contribution in [3.8, 4) is 11.5 Å². The standard InChI is InChI=1S/C13H10BrFN2O/c14-9-3-6-12(11(15)7-9)18-10-4-1-8(2-5-10)13(16)17/h1-7H,(H3,16,17). The highest BCUT2D eigenvalue weighted by Gasteiger charge is 2.05. The molecule has 3 N–H and O–H groups in total. The molecule has 5 heteroatoms. The van der Waals surface area contributed by atoms with Crippen LogP contribution in [0.15, 0.2) is 46.9 Å². The van der Waals surface area contributed by atoms with Gasteiger partial charge in [0.1, 0.15) is 11.6 Å². The minimum Gasteiger partial charge on any atom is -0.454 e. The summed E-state index contributed by atoms with van der Waals surface area (Å²) in [4.78, 5) is 0. The fourth-order valence-electron chi connectivity index (χ4n) is 1.39. The van der Waals surface area contributed by atoms with Crippen molar-refractivity contribution in [1.29, 1.82) is 5.41 Å². The largest absolute Gasteiger partial charge is 0.454 e. The van der Waals surface area contributed by atoms with Gasteiger partial charge in [-0.1, -0.05) is 15.9 Å². The number of nitrogens with one attached hydrogen (secondary N) is 1. The maximum absolute atomic E-state index is 13.5. The number of amidine groups is 1. The molecular formula is C13H10BrFN2O. The van der Waals surface area contributed by atoms with E-state index in [4.69, 9.17) is 15.9 Å². The lowest BCUT2D eigenvalue weighted by Gasteiger charge is -2.07. The molecule has 3 nitrogen and oxygen atoms in total. The van der Waals surface area contributed by atoms with E-state index in [1.54, 1.807) is 30.3 Å². The quantitative estimate of drug-likeness (QED) is 0.671. The molecule has 0 amide bonds. The molecule has 0 fully saturated rings. The van der Waals surface area contributed by atoms with Gasteiger partial charge >= 0.3 is 0 Å². The molecule has 92 valence electrons. The van der Waals surface area contributed by atoms with Gasteiger partial charge in [-0.25, -0.2) is 4.39 Å². The van der Waals surface area contributed by atoms with Crippen molar-refractivity contribution in [2.45, 2.75) is 0 Å². The molecule has 0 saturated carbocycles. The van der Waals surface area contributed by atoms with Crippen LogP contribution in [0.1, 0.15) is 5.56 Å². The molecule has 0 aromatic heterocycles. The van der Waals surface area contributed by atoms with Gasteiger partial charge in [-0.15, -0.1) is 0 Å². The average molecular weight is 309 g/mol. The van der Waals surface area contributed by atoms with Gasteiger partial charge in [-0.05, 0) is 42.5 Å². The van der Waals surface area contributed by atoms with Crippen LogP contribution in [0.5, 0.6) is 11.5 Å². The minimum absolute atomic E-state index is 0.0172. The number of nitrogens with two attached hydrogens (primary N) is 1. The van der Waals surface area contributed by atoms with Crippen LogP contribution >= 0.6 is 15.9 Å². The summed E-state index contributed by atoms with van der Waals surface area (Å²) in [6.45, 7) is 0. The molecule has 0 atom stereocenters. The number of benzene rings is 2. The van der Waals surface area contributed by atoms with Crippen molar-refractivity contribution in [2.24, 2.45) is 5.73 Å². The second kappa shape index (κ2) is 5.18. The second-order valence-electron chi connectivity index (χ2n) is 3.61. The molecule has 0 spiro atoms. The van der Waals surface area contributed by atoms with Gasteiger partial charge in [0.2, 0.25) is 0 Å². The molecular weight excluding hydrogens is 299 g/mol. The normalized spacial score (nSPS) is 10.1. The zero-order valence-corrected chi connectivity index (χ0v) is 10.9. The van der Waals surface area contributed by atoms with E-state index in [0.29, 0.717) is 15.8 Å². The van der Waals surface area contributed by atoms with Crippen molar-refractivity contribution >= 4 is 21.8 Å². The Balaban J connectivity index is 2.21. The van der Waals surface area contributed by atoms with E-state index in [1.807, 2.05) is 0 Å². The number of hydrogen-bond acceptors (Lipinski definition) is 2. The van der Waals surface area contributed by atoms with Gasteiger partial charge < -0.3 is 10.5 Å². The summed E-state index contributed by atoms with van der Waals surface area (Å²) in [5.74, 6) is 0.173. The summed E-state index contributed by atoms with van der Waals surface area (Å²) < 4.78 is 19.6. The number of rotatable bonds is 3. The monoisotopic (exact) mass is 308 g/mol. The third-order valence-corrected chi connectivity index (χ3v) is 2.78. The molecule has 0 radical (unpaired) electrons. The molecule has 0 aliphatic heterocycles. The van der Waals surface area contributed by atoms with Crippen LogP contribution in [0, 0.1) is 11.2 Å². The molecule has 0 bridgehead atoms. The predicted molar refractivity (Wildman–Crippen MR) is 71.6 cm³/mol. The van der Waals surface area contributed by atoms with E-state index in [9.17, 15) is 4.39 Å². The first-order valence-corrected chi connectivity index (χ1v) is 5.93.